The Kier molecular flexibility index (Phi) is 2.33. The molecule has 0 radical (unpaired) electrons. The van der Waals surface area contributed by atoms with Crippen LogP contribution in [-0.2, 0) is 4.99 Å². The molecule has 2 rings (SSSR count). The maximum absolute atomic E-state index is 4.55. The summed E-state index contributed by atoms with van der Waals surface area (Å²) >= 11 is 4.55. The molecule has 72 valence electrons. The van der Waals surface area contributed by atoms with Crippen molar-refractivity contribution >= 4 is 18.8 Å². The smallest absolute Gasteiger partial charge is 0.200 e. The van der Waals surface area contributed by atoms with Gasteiger partial charge in [-0.25, -0.2) is 0 Å². The Labute approximate surface area is 89.2 Å². The van der Waals surface area contributed by atoms with Crippen LogP contribution in [0, 0.1) is 0 Å². The molecular weight excluding hydrogens is 192 g/mol. The summed E-state index contributed by atoms with van der Waals surface area (Å²) in [6, 6.07) is 9.97. The van der Waals surface area contributed by atoms with Crippen LogP contribution in [0.15, 0.2) is 47.1 Å². The first-order chi connectivity index (χ1) is 6.71. The van der Waals surface area contributed by atoms with Crippen LogP contribution in [0.5, 0.6) is 0 Å². The van der Waals surface area contributed by atoms with Gasteiger partial charge in [0, 0.05) is 17.5 Å². The number of benzene rings is 1. The molecule has 0 aromatic heterocycles. The van der Waals surface area contributed by atoms with Gasteiger partial charge in [-0.15, -0.1) is 12.6 Å². The van der Waals surface area contributed by atoms with E-state index in [1.165, 1.54) is 0 Å². The fraction of sp³-hybridized carbons (Fsp3) is 0.182. The molecule has 0 bridgehead atoms. The highest BCUT2D eigenvalue weighted by Gasteiger charge is 2.27. The summed E-state index contributed by atoms with van der Waals surface area (Å²) in [5.41, 5.74) is 2.12. The van der Waals surface area contributed by atoms with Gasteiger partial charge in [0.15, 0.2) is 0 Å². The largest absolute Gasteiger partial charge is 0.353 e. The molecule has 1 aromatic carbocycles. The minimum absolute atomic E-state index is 0.611. The van der Waals surface area contributed by atoms with Gasteiger partial charge >= 0.3 is 0 Å². The fourth-order valence-electron chi connectivity index (χ4n) is 1.42. The van der Waals surface area contributed by atoms with Crippen LogP contribution in [0.2, 0.25) is 0 Å². The first kappa shape index (κ1) is 9.34. The van der Waals surface area contributed by atoms with Gasteiger partial charge in [-0.1, -0.05) is 30.3 Å². The van der Waals surface area contributed by atoms with Gasteiger partial charge in [0.2, 0.25) is 4.99 Å². The predicted molar refractivity (Wildman–Crippen MR) is 62.5 cm³/mol. The molecule has 1 aliphatic heterocycles. The van der Waals surface area contributed by atoms with Crippen molar-refractivity contribution in [1.82, 2.24) is 5.32 Å². The van der Waals surface area contributed by atoms with E-state index in [0.29, 0.717) is 0 Å². The van der Waals surface area contributed by atoms with Gasteiger partial charge in [0.1, 0.15) is 0 Å². The number of allylic oxidation sites excluding steroid dienone is 2. The number of hydrogen-bond acceptors (Lipinski definition) is 3. The normalized spacial score (nSPS) is 25.4. The molecule has 0 amide bonds. The molecule has 0 fully saturated rings. The summed E-state index contributed by atoms with van der Waals surface area (Å²) in [4.78, 5) is 3.72. The van der Waals surface area contributed by atoms with Crippen molar-refractivity contribution in [2.24, 2.45) is 4.99 Å². The second-order valence-corrected chi connectivity index (χ2v) is 3.94. The van der Waals surface area contributed by atoms with E-state index in [4.69, 9.17) is 0 Å². The SMILES string of the molecule is CC1=CC=NC(S)(c2ccccc2)N1. The summed E-state index contributed by atoms with van der Waals surface area (Å²) in [5, 5.41) is 3.24. The van der Waals surface area contributed by atoms with Crippen molar-refractivity contribution in [3.05, 3.63) is 47.7 Å². The van der Waals surface area contributed by atoms with E-state index in [-0.39, 0.29) is 0 Å². The number of rotatable bonds is 1. The summed E-state index contributed by atoms with van der Waals surface area (Å²) < 4.78 is 0. The van der Waals surface area contributed by atoms with Crippen molar-refractivity contribution in [1.29, 1.82) is 0 Å². The zero-order chi connectivity index (χ0) is 10.0. The Balaban J connectivity index is 2.35. The molecule has 1 atom stereocenters. The van der Waals surface area contributed by atoms with E-state index in [9.17, 15) is 0 Å². The molecular formula is C11H12N2S. The number of thiol groups is 1. The molecule has 0 spiro atoms. The molecule has 0 saturated carbocycles. The summed E-state index contributed by atoms with van der Waals surface area (Å²) in [6.45, 7) is 2.00. The molecule has 0 aliphatic carbocycles. The van der Waals surface area contributed by atoms with Crippen LogP contribution in [0.4, 0.5) is 0 Å². The molecule has 1 aliphatic rings. The molecule has 3 heteroatoms. The van der Waals surface area contributed by atoms with Gasteiger partial charge in [0.05, 0.1) is 0 Å². The average Bonchev–Trinajstić information content (AvgIpc) is 2.19. The lowest BCUT2D eigenvalue weighted by atomic mass is 10.1. The van der Waals surface area contributed by atoms with E-state index in [0.717, 1.165) is 11.3 Å². The Hall–Kier alpha value is -1.22. The van der Waals surface area contributed by atoms with E-state index >= 15 is 0 Å². The minimum atomic E-state index is -0.611. The average molecular weight is 204 g/mol. The number of hydrogen-bond donors (Lipinski definition) is 2. The Morgan fingerprint density at radius 1 is 1.29 bits per heavy atom. The monoisotopic (exact) mass is 204 g/mol. The van der Waals surface area contributed by atoms with Gasteiger partial charge in [-0.2, -0.15) is 0 Å². The number of nitrogens with one attached hydrogen (secondary N) is 1. The summed E-state index contributed by atoms with van der Waals surface area (Å²) in [6.07, 6.45) is 3.71. The second kappa shape index (κ2) is 3.50. The number of nitrogens with zero attached hydrogens (tertiary/aromatic N) is 1. The second-order valence-electron chi connectivity index (χ2n) is 3.29. The third kappa shape index (κ3) is 1.68. The van der Waals surface area contributed by atoms with Crippen molar-refractivity contribution in [3.8, 4) is 0 Å². The fourth-order valence-corrected chi connectivity index (χ4v) is 1.82. The molecule has 0 saturated heterocycles. The van der Waals surface area contributed by atoms with Gasteiger partial charge in [0.25, 0.3) is 0 Å². The number of aliphatic imine (C=N–C) groups is 1. The predicted octanol–water partition coefficient (Wildman–Crippen LogP) is 2.30. The molecule has 1 N–H and O–H groups in total. The van der Waals surface area contributed by atoms with Gasteiger partial charge in [-0.3, -0.25) is 4.99 Å². The maximum atomic E-state index is 4.55. The molecule has 14 heavy (non-hydrogen) atoms. The lowest BCUT2D eigenvalue weighted by Crippen LogP contribution is -2.36. The third-order valence-electron chi connectivity index (χ3n) is 2.13. The molecule has 2 nitrogen and oxygen atoms in total. The molecule has 1 heterocycles. The Bertz CT molecular complexity index is 384. The zero-order valence-corrected chi connectivity index (χ0v) is 8.83. The maximum Gasteiger partial charge on any atom is 0.200 e. The Morgan fingerprint density at radius 2 is 2.00 bits per heavy atom. The van der Waals surface area contributed by atoms with Crippen LogP contribution in [0.3, 0.4) is 0 Å². The van der Waals surface area contributed by atoms with E-state index < -0.39 is 4.99 Å². The lowest BCUT2D eigenvalue weighted by Gasteiger charge is -2.29. The van der Waals surface area contributed by atoms with Crippen LogP contribution < -0.4 is 5.32 Å². The summed E-state index contributed by atoms with van der Waals surface area (Å²) in [5.74, 6) is 0. The minimum Gasteiger partial charge on any atom is -0.353 e. The zero-order valence-electron chi connectivity index (χ0n) is 7.94. The van der Waals surface area contributed by atoms with E-state index in [1.54, 1.807) is 6.21 Å². The van der Waals surface area contributed by atoms with Crippen molar-refractivity contribution < 1.29 is 0 Å². The first-order valence-corrected chi connectivity index (χ1v) is 4.94. The van der Waals surface area contributed by atoms with Gasteiger partial charge < -0.3 is 5.32 Å². The topological polar surface area (TPSA) is 24.4 Å². The quantitative estimate of drug-likeness (QED) is 0.674. The Morgan fingerprint density at radius 3 is 2.64 bits per heavy atom. The lowest BCUT2D eigenvalue weighted by molar-refractivity contribution is 0.567. The highest BCUT2D eigenvalue weighted by Crippen LogP contribution is 2.29. The molecule has 1 aromatic rings. The van der Waals surface area contributed by atoms with E-state index in [1.807, 2.05) is 43.3 Å². The highest BCUT2D eigenvalue weighted by molar-refractivity contribution is 7.81. The molecule has 1 unspecified atom stereocenters. The first-order valence-electron chi connectivity index (χ1n) is 4.49. The van der Waals surface area contributed by atoms with Crippen molar-refractivity contribution in [2.75, 3.05) is 0 Å². The van der Waals surface area contributed by atoms with Crippen LogP contribution in [0.25, 0.3) is 0 Å². The highest BCUT2D eigenvalue weighted by atomic mass is 32.1. The van der Waals surface area contributed by atoms with Crippen molar-refractivity contribution in [3.63, 3.8) is 0 Å². The third-order valence-corrected chi connectivity index (χ3v) is 2.62. The van der Waals surface area contributed by atoms with Crippen LogP contribution in [0.1, 0.15) is 12.5 Å². The summed E-state index contributed by atoms with van der Waals surface area (Å²) in [7, 11) is 0. The van der Waals surface area contributed by atoms with Crippen molar-refractivity contribution in [2.45, 2.75) is 11.9 Å². The van der Waals surface area contributed by atoms with Crippen LogP contribution >= 0.6 is 12.6 Å². The van der Waals surface area contributed by atoms with Crippen LogP contribution in [-0.4, -0.2) is 6.21 Å². The standard InChI is InChI=1S/C11H12N2S/c1-9-7-8-12-11(14,13-9)10-5-3-2-4-6-10/h2-8,13-14H,1H3. The van der Waals surface area contributed by atoms with E-state index in [2.05, 4.69) is 22.9 Å². The van der Waals surface area contributed by atoms with Gasteiger partial charge in [-0.05, 0) is 13.0 Å².